The lowest BCUT2D eigenvalue weighted by molar-refractivity contribution is -0.119. The average Bonchev–Trinajstić information content (AvgIpc) is 2.76. The van der Waals surface area contributed by atoms with E-state index in [1.807, 2.05) is 12.1 Å². The first kappa shape index (κ1) is 13.4. The summed E-state index contributed by atoms with van der Waals surface area (Å²) in [7, 11) is 0. The third-order valence-electron chi connectivity index (χ3n) is 3.40. The van der Waals surface area contributed by atoms with Gasteiger partial charge in [-0.2, -0.15) is 0 Å². The number of terminal acetylenes is 1. The molecule has 1 aromatic rings. The predicted molar refractivity (Wildman–Crippen MR) is 76.9 cm³/mol. The van der Waals surface area contributed by atoms with Crippen molar-refractivity contribution < 1.29 is 4.79 Å². The Morgan fingerprint density at radius 1 is 1.53 bits per heavy atom. The Labute approximate surface area is 114 Å². The average molecular weight is 257 g/mol. The summed E-state index contributed by atoms with van der Waals surface area (Å²) in [6.45, 7) is 2.14. The highest BCUT2D eigenvalue weighted by Gasteiger charge is 2.28. The Morgan fingerprint density at radius 3 is 3.05 bits per heavy atom. The second-order valence-corrected chi connectivity index (χ2v) is 4.69. The zero-order valence-electron chi connectivity index (χ0n) is 10.9. The molecule has 1 aliphatic heterocycles. The number of hydrogen-bond donors (Lipinski definition) is 2. The number of benzene rings is 1. The molecule has 1 amide bonds. The smallest absolute Gasteiger partial charge is 0.240 e. The Hall–Kier alpha value is -1.99. The Morgan fingerprint density at radius 2 is 2.32 bits per heavy atom. The van der Waals surface area contributed by atoms with Crippen molar-refractivity contribution >= 4 is 11.6 Å². The van der Waals surface area contributed by atoms with Gasteiger partial charge in [0.2, 0.25) is 5.91 Å². The fourth-order valence-corrected chi connectivity index (χ4v) is 2.56. The molecule has 2 rings (SSSR count). The molecular weight excluding hydrogens is 238 g/mol. The maximum atomic E-state index is 11.8. The number of para-hydroxylation sites is 1. The van der Waals surface area contributed by atoms with Gasteiger partial charge in [-0.15, -0.1) is 6.42 Å². The summed E-state index contributed by atoms with van der Waals surface area (Å²) in [4.78, 5) is 13.9. The minimum Gasteiger partial charge on any atom is -0.361 e. The molecule has 4 heteroatoms. The summed E-state index contributed by atoms with van der Waals surface area (Å²) in [5, 5.41) is 2.70. The van der Waals surface area contributed by atoms with Crippen molar-refractivity contribution in [2.24, 2.45) is 5.73 Å². The summed E-state index contributed by atoms with van der Waals surface area (Å²) in [5.74, 6) is 2.78. The molecule has 100 valence electrons. The summed E-state index contributed by atoms with van der Waals surface area (Å²) in [5.41, 5.74) is 8.08. The maximum absolute atomic E-state index is 11.8. The number of fused-ring (bicyclic) bond motifs is 1. The Kier molecular flexibility index (Phi) is 4.43. The van der Waals surface area contributed by atoms with E-state index in [9.17, 15) is 4.79 Å². The lowest BCUT2D eigenvalue weighted by atomic mass is 9.98. The van der Waals surface area contributed by atoms with Gasteiger partial charge in [-0.25, -0.2) is 0 Å². The number of nitrogens with zero attached hydrogens (tertiary/aromatic N) is 1. The molecule has 0 spiro atoms. The highest BCUT2D eigenvalue weighted by molar-refractivity contribution is 5.82. The zero-order chi connectivity index (χ0) is 13.7. The van der Waals surface area contributed by atoms with Crippen LogP contribution in [0, 0.1) is 12.3 Å². The first-order chi connectivity index (χ1) is 9.26. The largest absolute Gasteiger partial charge is 0.361 e. The molecule has 0 saturated carbocycles. The van der Waals surface area contributed by atoms with Crippen LogP contribution < -0.4 is 16.0 Å². The van der Waals surface area contributed by atoms with Crippen LogP contribution in [0.2, 0.25) is 0 Å². The Balaban J connectivity index is 2.07. The highest BCUT2D eigenvalue weighted by atomic mass is 16.2. The van der Waals surface area contributed by atoms with Crippen LogP contribution >= 0.6 is 0 Å². The van der Waals surface area contributed by atoms with Crippen LogP contribution in [0.15, 0.2) is 24.3 Å². The van der Waals surface area contributed by atoms with Crippen LogP contribution in [0.25, 0.3) is 0 Å². The second kappa shape index (κ2) is 6.26. The van der Waals surface area contributed by atoms with Gasteiger partial charge in [0, 0.05) is 18.2 Å². The second-order valence-electron chi connectivity index (χ2n) is 4.69. The van der Waals surface area contributed by atoms with Gasteiger partial charge in [0.15, 0.2) is 0 Å². The van der Waals surface area contributed by atoms with Crippen molar-refractivity contribution in [3.8, 4) is 12.3 Å². The van der Waals surface area contributed by atoms with E-state index in [0.29, 0.717) is 19.0 Å². The number of anilines is 1. The van der Waals surface area contributed by atoms with E-state index < -0.39 is 0 Å². The summed E-state index contributed by atoms with van der Waals surface area (Å²) in [6, 6.07) is 8.20. The van der Waals surface area contributed by atoms with E-state index in [1.54, 1.807) is 0 Å². The quantitative estimate of drug-likeness (QED) is 0.763. The Bertz CT molecular complexity index is 492. The van der Waals surface area contributed by atoms with Crippen molar-refractivity contribution in [1.82, 2.24) is 5.32 Å². The summed E-state index contributed by atoms with van der Waals surface area (Å²) < 4.78 is 0. The van der Waals surface area contributed by atoms with Crippen LogP contribution in [0.1, 0.15) is 17.9 Å². The molecule has 19 heavy (non-hydrogen) atoms. The molecule has 0 aromatic heterocycles. The molecule has 0 saturated heterocycles. The molecule has 1 atom stereocenters. The van der Waals surface area contributed by atoms with Crippen molar-refractivity contribution in [3.05, 3.63) is 29.8 Å². The summed E-state index contributed by atoms with van der Waals surface area (Å²) >= 11 is 0. The lowest BCUT2D eigenvalue weighted by Crippen LogP contribution is -2.37. The van der Waals surface area contributed by atoms with E-state index in [2.05, 4.69) is 28.3 Å². The molecule has 1 aromatic carbocycles. The van der Waals surface area contributed by atoms with E-state index >= 15 is 0 Å². The van der Waals surface area contributed by atoms with Gasteiger partial charge in [-0.3, -0.25) is 4.79 Å². The topological polar surface area (TPSA) is 58.4 Å². The van der Waals surface area contributed by atoms with Crippen molar-refractivity contribution in [1.29, 1.82) is 0 Å². The van der Waals surface area contributed by atoms with E-state index in [0.717, 1.165) is 18.7 Å². The third-order valence-corrected chi connectivity index (χ3v) is 3.40. The molecule has 1 heterocycles. The van der Waals surface area contributed by atoms with Gasteiger partial charge < -0.3 is 16.0 Å². The van der Waals surface area contributed by atoms with Crippen LogP contribution in [0.4, 0.5) is 5.69 Å². The van der Waals surface area contributed by atoms with E-state index in [-0.39, 0.29) is 12.5 Å². The number of nitrogens with one attached hydrogen (secondary N) is 1. The maximum Gasteiger partial charge on any atom is 0.240 e. The first-order valence-electron chi connectivity index (χ1n) is 6.50. The van der Waals surface area contributed by atoms with Crippen LogP contribution in [-0.2, 0) is 4.79 Å². The SMILES string of the molecule is C#CCNC(=O)CN1CC(CCN)c2ccccc21. The van der Waals surface area contributed by atoms with Gasteiger partial charge in [-0.1, -0.05) is 24.1 Å². The van der Waals surface area contributed by atoms with Crippen LogP contribution in [0.5, 0.6) is 0 Å². The number of carbonyl (C=O) groups is 1. The van der Waals surface area contributed by atoms with Crippen molar-refractivity contribution in [2.75, 3.05) is 31.1 Å². The molecule has 0 bridgehead atoms. The van der Waals surface area contributed by atoms with E-state index in [1.165, 1.54) is 5.56 Å². The van der Waals surface area contributed by atoms with E-state index in [4.69, 9.17) is 12.2 Å². The monoisotopic (exact) mass is 257 g/mol. The van der Waals surface area contributed by atoms with Crippen LogP contribution in [0.3, 0.4) is 0 Å². The minimum atomic E-state index is -0.0406. The fraction of sp³-hybridized carbons (Fsp3) is 0.400. The molecule has 0 fully saturated rings. The first-order valence-corrected chi connectivity index (χ1v) is 6.50. The normalized spacial score (nSPS) is 16.8. The molecule has 1 aliphatic rings. The van der Waals surface area contributed by atoms with Gasteiger partial charge in [-0.05, 0) is 24.6 Å². The standard InChI is InChI=1S/C15H19N3O/c1-2-9-17-15(19)11-18-10-12(7-8-16)13-5-3-4-6-14(13)18/h1,3-6,12H,7-11,16H2,(H,17,19). The van der Waals surface area contributed by atoms with Gasteiger partial charge in [0.1, 0.15) is 0 Å². The molecule has 0 aliphatic carbocycles. The van der Waals surface area contributed by atoms with Crippen LogP contribution in [-0.4, -0.2) is 32.1 Å². The summed E-state index contributed by atoms with van der Waals surface area (Å²) in [6.07, 6.45) is 6.07. The number of amides is 1. The molecular formula is C15H19N3O. The molecule has 1 unspecified atom stereocenters. The van der Waals surface area contributed by atoms with Gasteiger partial charge in [0.25, 0.3) is 0 Å². The third kappa shape index (κ3) is 3.07. The predicted octanol–water partition coefficient (Wildman–Crippen LogP) is 0.688. The lowest BCUT2D eigenvalue weighted by Gasteiger charge is -2.19. The van der Waals surface area contributed by atoms with Gasteiger partial charge in [0.05, 0.1) is 13.1 Å². The number of nitrogens with two attached hydrogens (primary N) is 1. The minimum absolute atomic E-state index is 0.0406. The fourth-order valence-electron chi connectivity index (χ4n) is 2.56. The van der Waals surface area contributed by atoms with Crippen molar-refractivity contribution in [3.63, 3.8) is 0 Å². The number of rotatable bonds is 5. The number of hydrogen-bond acceptors (Lipinski definition) is 3. The highest BCUT2D eigenvalue weighted by Crippen LogP contribution is 2.37. The molecule has 4 nitrogen and oxygen atoms in total. The zero-order valence-corrected chi connectivity index (χ0v) is 10.9. The molecule has 3 N–H and O–H groups in total. The number of carbonyl (C=O) groups excluding carboxylic acids is 1. The van der Waals surface area contributed by atoms with Gasteiger partial charge >= 0.3 is 0 Å². The molecule has 0 radical (unpaired) electrons. The van der Waals surface area contributed by atoms with Crippen molar-refractivity contribution in [2.45, 2.75) is 12.3 Å².